The van der Waals surface area contributed by atoms with Crippen LogP contribution in [0, 0.1) is 0 Å². The Morgan fingerprint density at radius 2 is 1.29 bits per heavy atom. The van der Waals surface area contributed by atoms with E-state index in [1.807, 2.05) is 0 Å². The van der Waals surface area contributed by atoms with E-state index in [1.54, 1.807) is 0 Å². The van der Waals surface area contributed by atoms with Crippen LogP contribution in [0.3, 0.4) is 0 Å². The quantitative estimate of drug-likeness (QED) is 0.375. The van der Waals surface area contributed by atoms with Crippen LogP contribution in [-0.4, -0.2) is 17.9 Å². The number of hydrogen-bond acceptors (Lipinski definition) is 2. The summed E-state index contributed by atoms with van der Waals surface area (Å²) in [5.41, 5.74) is 0. The molecule has 0 aliphatic carbocycles. The molecule has 17 heavy (non-hydrogen) atoms. The van der Waals surface area contributed by atoms with E-state index >= 15 is 0 Å². The standard InChI is InChI=1S/C15H33NO/c1-3-5-7-9-11-13-15(17)16-14-12-10-8-6-4-2/h15-17H,3-14H2,1-2H3. The van der Waals surface area contributed by atoms with Crippen molar-refractivity contribution >= 4 is 0 Å². The van der Waals surface area contributed by atoms with Crippen LogP contribution in [0.1, 0.15) is 84.5 Å². The van der Waals surface area contributed by atoms with Crippen molar-refractivity contribution in [1.29, 1.82) is 0 Å². The molecule has 0 bridgehead atoms. The Morgan fingerprint density at radius 3 is 1.88 bits per heavy atom. The minimum absolute atomic E-state index is 0.275. The molecule has 104 valence electrons. The Balaban J connectivity index is 3.09. The second kappa shape index (κ2) is 14.0. The fourth-order valence-electron chi connectivity index (χ4n) is 2.04. The Morgan fingerprint density at radius 1 is 0.765 bits per heavy atom. The summed E-state index contributed by atoms with van der Waals surface area (Å²) in [5.74, 6) is 0. The number of aliphatic hydroxyl groups excluding tert-OH is 1. The summed E-state index contributed by atoms with van der Waals surface area (Å²) in [4.78, 5) is 0. The van der Waals surface area contributed by atoms with Gasteiger partial charge in [-0.3, -0.25) is 5.32 Å². The molecule has 0 saturated heterocycles. The van der Waals surface area contributed by atoms with Gasteiger partial charge in [-0.15, -0.1) is 0 Å². The van der Waals surface area contributed by atoms with Crippen LogP contribution < -0.4 is 5.32 Å². The van der Waals surface area contributed by atoms with Crippen molar-refractivity contribution in [3.05, 3.63) is 0 Å². The number of unbranched alkanes of at least 4 members (excludes halogenated alkanes) is 8. The summed E-state index contributed by atoms with van der Waals surface area (Å²) in [7, 11) is 0. The molecule has 0 amide bonds. The zero-order chi connectivity index (χ0) is 12.8. The third-order valence-corrected chi connectivity index (χ3v) is 3.24. The average Bonchev–Trinajstić information content (AvgIpc) is 2.33. The minimum Gasteiger partial charge on any atom is -0.379 e. The molecule has 2 nitrogen and oxygen atoms in total. The van der Waals surface area contributed by atoms with Crippen LogP contribution >= 0.6 is 0 Å². The molecular weight excluding hydrogens is 210 g/mol. The number of nitrogens with one attached hydrogen (secondary N) is 1. The highest BCUT2D eigenvalue weighted by molar-refractivity contribution is 4.55. The Kier molecular flexibility index (Phi) is 13.9. The maximum Gasteiger partial charge on any atom is 0.104 e. The predicted octanol–water partition coefficient (Wildman–Crippen LogP) is 4.23. The van der Waals surface area contributed by atoms with E-state index in [0.29, 0.717) is 0 Å². The Bertz CT molecular complexity index is 139. The van der Waals surface area contributed by atoms with Crippen molar-refractivity contribution in [2.75, 3.05) is 6.54 Å². The summed E-state index contributed by atoms with van der Waals surface area (Å²) >= 11 is 0. The molecule has 0 aromatic rings. The van der Waals surface area contributed by atoms with E-state index in [2.05, 4.69) is 19.2 Å². The molecule has 2 N–H and O–H groups in total. The van der Waals surface area contributed by atoms with Gasteiger partial charge in [0.1, 0.15) is 6.23 Å². The molecule has 0 aromatic heterocycles. The van der Waals surface area contributed by atoms with Crippen LogP contribution in [-0.2, 0) is 0 Å². The van der Waals surface area contributed by atoms with Gasteiger partial charge in [-0.1, -0.05) is 65.2 Å². The lowest BCUT2D eigenvalue weighted by molar-refractivity contribution is 0.124. The summed E-state index contributed by atoms with van der Waals surface area (Å²) in [6.07, 6.45) is 13.5. The van der Waals surface area contributed by atoms with Gasteiger partial charge in [0.15, 0.2) is 0 Å². The average molecular weight is 243 g/mol. The van der Waals surface area contributed by atoms with Crippen LogP contribution in [0.2, 0.25) is 0 Å². The number of hydrogen-bond donors (Lipinski definition) is 2. The lowest BCUT2D eigenvalue weighted by Crippen LogP contribution is -2.29. The van der Waals surface area contributed by atoms with Gasteiger partial charge in [-0.2, -0.15) is 0 Å². The molecule has 0 radical (unpaired) electrons. The summed E-state index contributed by atoms with van der Waals surface area (Å²) in [5, 5.41) is 12.9. The molecule has 1 unspecified atom stereocenters. The molecular formula is C15H33NO. The first-order chi connectivity index (χ1) is 8.31. The van der Waals surface area contributed by atoms with E-state index in [4.69, 9.17) is 0 Å². The van der Waals surface area contributed by atoms with Crippen molar-refractivity contribution < 1.29 is 5.11 Å². The van der Waals surface area contributed by atoms with Crippen molar-refractivity contribution in [3.63, 3.8) is 0 Å². The number of aliphatic hydroxyl groups is 1. The topological polar surface area (TPSA) is 32.3 Å². The smallest absolute Gasteiger partial charge is 0.104 e. The van der Waals surface area contributed by atoms with Crippen LogP contribution in [0.4, 0.5) is 0 Å². The second-order valence-electron chi connectivity index (χ2n) is 5.09. The third-order valence-electron chi connectivity index (χ3n) is 3.24. The monoisotopic (exact) mass is 243 g/mol. The maximum atomic E-state index is 9.70. The van der Waals surface area contributed by atoms with Crippen molar-refractivity contribution in [1.82, 2.24) is 5.32 Å². The van der Waals surface area contributed by atoms with Gasteiger partial charge in [-0.25, -0.2) is 0 Å². The molecule has 0 rings (SSSR count). The molecule has 0 saturated carbocycles. The molecule has 0 heterocycles. The highest BCUT2D eigenvalue weighted by Gasteiger charge is 2.01. The lowest BCUT2D eigenvalue weighted by Gasteiger charge is -2.12. The minimum atomic E-state index is -0.275. The molecule has 0 fully saturated rings. The normalized spacial score (nSPS) is 12.9. The first kappa shape index (κ1) is 16.9. The Hall–Kier alpha value is -0.0800. The fourth-order valence-corrected chi connectivity index (χ4v) is 2.04. The molecule has 0 aliphatic rings. The van der Waals surface area contributed by atoms with Crippen molar-refractivity contribution in [3.8, 4) is 0 Å². The second-order valence-corrected chi connectivity index (χ2v) is 5.09. The van der Waals surface area contributed by atoms with Crippen LogP contribution in [0.25, 0.3) is 0 Å². The lowest BCUT2D eigenvalue weighted by atomic mass is 10.1. The fraction of sp³-hybridized carbons (Fsp3) is 1.00. The summed E-state index contributed by atoms with van der Waals surface area (Å²) in [6.45, 7) is 5.44. The van der Waals surface area contributed by atoms with E-state index in [9.17, 15) is 5.11 Å². The SMILES string of the molecule is CCCCCCCNC(O)CCCCCCC. The first-order valence-corrected chi connectivity index (χ1v) is 7.72. The largest absolute Gasteiger partial charge is 0.379 e. The molecule has 0 spiro atoms. The maximum absolute atomic E-state index is 9.70. The van der Waals surface area contributed by atoms with Gasteiger partial charge in [0.05, 0.1) is 0 Å². The summed E-state index contributed by atoms with van der Waals surface area (Å²) < 4.78 is 0. The third kappa shape index (κ3) is 13.9. The van der Waals surface area contributed by atoms with Gasteiger partial charge in [-0.05, 0) is 25.8 Å². The highest BCUT2D eigenvalue weighted by Crippen LogP contribution is 2.06. The van der Waals surface area contributed by atoms with E-state index < -0.39 is 0 Å². The van der Waals surface area contributed by atoms with Gasteiger partial charge < -0.3 is 5.11 Å². The zero-order valence-electron chi connectivity index (χ0n) is 12.0. The van der Waals surface area contributed by atoms with Crippen LogP contribution in [0.5, 0.6) is 0 Å². The van der Waals surface area contributed by atoms with Crippen molar-refractivity contribution in [2.24, 2.45) is 0 Å². The molecule has 0 aliphatic heterocycles. The highest BCUT2D eigenvalue weighted by atomic mass is 16.3. The summed E-state index contributed by atoms with van der Waals surface area (Å²) in [6, 6.07) is 0. The van der Waals surface area contributed by atoms with E-state index in [1.165, 1.54) is 57.8 Å². The van der Waals surface area contributed by atoms with Gasteiger partial charge in [0.25, 0.3) is 0 Å². The van der Waals surface area contributed by atoms with Gasteiger partial charge >= 0.3 is 0 Å². The molecule has 2 heteroatoms. The van der Waals surface area contributed by atoms with Gasteiger partial charge in [0.2, 0.25) is 0 Å². The van der Waals surface area contributed by atoms with Crippen LogP contribution in [0.15, 0.2) is 0 Å². The first-order valence-electron chi connectivity index (χ1n) is 7.72. The van der Waals surface area contributed by atoms with E-state index in [0.717, 1.165) is 19.4 Å². The Labute approximate surface area is 108 Å². The van der Waals surface area contributed by atoms with Gasteiger partial charge in [0, 0.05) is 0 Å². The number of rotatable bonds is 13. The zero-order valence-corrected chi connectivity index (χ0v) is 12.0. The molecule has 1 atom stereocenters. The molecule has 0 aromatic carbocycles. The van der Waals surface area contributed by atoms with E-state index in [-0.39, 0.29) is 6.23 Å². The predicted molar refractivity (Wildman–Crippen MR) is 76.1 cm³/mol. The van der Waals surface area contributed by atoms with Crippen molar-refractivity contribution in [2.45, 2.75) is 90.7 Å².